The number of hydrogen-bond donors (Lipinski definition) is 3. The molecular weight excluding hydrogens is 248 g/mol. The van der Waals surface area contributed by atoms with E-state index in [1.165, 1.54) is 6.20 Å². The summed E-state index contributed by atoms with van der Waals surface area (Å²) in [5, 5.41) is 21.7. The van der Waals surface area contributed by atoms with E-state index in [2.05, 4.69) is 20.7 Å². The van der Waals surface area contributed by atoms with Gasteiger partial charge in [0.15, 0.2) is 5.69 Å². The third-order valence-electron chi connectivity index (χ3n) is 3.75. The molecule has 0 bridgehead atoms. The minimum atomic E-state index is -0.837. The van der Waals surface area contributed by atoms with Gasteiger partial charge in [-0.05, 0) is 12.8 Å². The first-order valence-electron chi connectivity index (χ1n) is 6.51. The first-order chi connectivity index (χ1) is 9.14. The highest BCUT2D eigenvalue weighted by Crippen LogP contribution is 2.34. The molecule has 19 heavy (non-hydrogen) atoms. The zero-order chi connectivity index (χ0) is 13.7. The summed E-state index contributed by atoms with van der Waals surface area (Å²) in [7, 11) is 0. The van der Waals surface area contributed by atoms with Crippen LogP contribution in [0, 0.1) is 5.41 Å². The van der Waals surface area contributed by atoms with Crippen LogP contribution in [0.3, 0.4) is 0 Å². The van der Waals surface area contributed by atoms with Crippen molar-refractivity contribution in [1.82, 2.24) is 20.7 Å². The molecule has 2 rings (SSSR count). The third-order valence-corrected chi connectivity index (χ3v) is 3.75. The van der Waals surface area contributed by atoms with Gasteiger partial charge in [-0.25, -0.2) is 0 Å². The number of amides is 1. The van der Waals surface area contributed by atoms with E-state index in [4.69, 9.17) is 0 Å². The standard InChI is InChI=1S/C12H18N4O3/c17-10(9-7-14-16-15-9)13-8-12(11(18)19)5-3-1-2-4-6-12/h7H,1-6,8H2,(H,13,17)(H,18,19)(H,14,15,16). The van der Waals surface area contributed by atoms with Crippen LogP contribution in [-0.2, 0) is 4.79 Å². The molecule has 7 nitrogen and oxygen atoms in total. The van der Waals surface area contributed by atoms with Crippen molar-refractivity contribution in [2.24, 2.45) is 5.41 Å². The van der Waals surface area contributed by atoms with Crippen molar-refractivity contribution in [1.29, 1.82) is 0 Å². The number of nitrogens with zero attached hydrogens (tertiary/aromatic N) is 2. The van der Waals surface area contributed by atoms with Crippen LogP contribution in [0.15, 0.2) is 6.20 Å². The number of carbonyl (C=O) groups is 2. The van der Waals surface area contributed by atoms with Gasteiger partial charge in [-0.15, -0.1) is 0 Å². The van der Waals surface area contributed by atoms with Crippen LogP contribution in [-0.4, -0.2) is 38.9 Å². The average molecular weight is 266 g/mol. The maximum atomic E-state index is 11.8. The van der Waals surface area contributed by atoms with Crippen molar-refractivity contribution in [3.63, 3.8) is 0 Å². The summed E-state index contributed by atoms with van der Waals surface area (Å²) in [6, 6.07) is 0. The molecule has 0 unspecified atom stereocenters. The molecule has 0 aromatic carbocycles. The number of aromatic nitrogens is 3. The molecule has 1 saturated carbocycles. The maximum absolute atomic E-state index is 11.8. The average Bonchev–Trinajstić information content (AvgIpc) is 2.82. The Morgan fingerprint density at radius 1 is 1.32 bits per heavy atom. The zero-order valence-electron chi connectivity index (χ0n) is 10.7. The molecule has 0 spiro atoms. The summed E-state index contributed by atoms with van der Waals surface area (Å²) >= 11 is 0. The molecule has 3 N–H and O–H groups in total. The maximum Gasteiger partial charge on any atom is 0.311 e. The highest BCUT2D eigenvalue weighted by Gasteiger charge is 2.39. The minimum Gasteiger partial charge on any atom is -0.481 e. The summed E-state index contributed by atoms with van der Waals surface area (Å²) in [5.41, 5.74) is -0.662. The Labute approximate surface area is 110 Å². The molecule has 1 aromatic rings. The molecular formula is C12H18N4O3. The van der Waals surface area contributed by atoms with Crippen molar-refractivity contribution in [3.05, 3.63) is 11.9 Å². The summed E-state index contributed by atoms with van der Waals surface area (Å²) in [6.07, 6.45) is 6.45. The first kappa shape index (κ1) is 13.5. The molecule has 104 valence electrons. The number of rotatable bonds is 4. The topological polar surface area (TPSA) is 108 Å². The SMILES string of the molecule is O=C(NCC1(C(=O)O)CCCCCC1)c1cn[nH]n1. The van der Waals surface area contributed by atoms with Gasteiger partial charge in [0.1, 0.15) is 0 Å². The van der Waals surface area contributed by atoms with Crippen molar-refractivity contribution < 1.29 is 14.7 Å². The van der Waals surface area contributed by atoms with Crippen LogP contribution in [0.1, 0.15) is 49.0 Å². The predicted molar refractivity (Wildman–Crippen MR) is 66.5 cm³/mol. The molecule has 0 atom stereocenters. The van der Waals surface area contributed by atoms with Gasteiger partial charge in [0.25, 0.3) is 5.91 Å². The zero-order valence-corrected chi connectivity index (χ0v) is 10.7. The lowest BCUT2D eigenvalue weighted by molar-refractivity contribution is -0.149. The molecule has 1 aromatic heterocycles. The highest BCUT2D eigenvalue weighted by molar-refractivity contribution is 5.92. The predicted octanol–water partition coefficient (Wildman–Crippen LogP) is 0.960. The second-order valence-corrected chi connectivity index (χ2v) is 5.04. The number of carboxylic acids is 1. The quantitative estimate of drug-likeness (QED) is 0.703. The van der Waals surface area contributed by atoms with E-state index in [-0.39, 0.29) is 12.2 Å². The number of carbonyl (C=O) groups excluding carboxylic acids is 1. The Kier molecular flexibility index (Phi) is 4.13. The highest BCUT2D eigenvalue weighted by atomic mass is 16.4. The molecule has 7 heteroatoms. The van der Waals surface area contributed by atoms with Crippen molar-refractivity contribution in [3.8, 4) is 0 Å². The van der Waals surface area contributed by atoms with Gasteiger partial charge < -0.3 is 10.4 Å². The van der Waals surface area contributed by atoms with Gasteiger partial charge in [-0.1, -0.05) is 25.7 Å². The largest absolute Gasteiger partial charge is 0.481 e. The fourth-order valence-corrected chi connectivity index (χ4v) is 2.52. The lowest BCUT2D eigenvalue weighted by Gasteiger charge is -2.27. The second-order valence-electron chi connectivity index (χ2n) is 5.04. The fraction of sp³-hybridized carbons (Fsp3) is 0.667. The normalized spacial score (nSPS) is 18.5. The number of nitrogens with one attached hydrogen (secondary N) is 2. The third kappa shape index (κ3) is 3.10. The number of aliphatic carboxylic acids is 1. The number of hydrogen-bond acceptors (Lipinski definition) is 4. The summed E-state index contributed by atoms with van der Waals surface area (Å²) in [6.45, 7) is 0.147. The molecule has 0 radical (unpaired) electrons. The van der Waals surface area contributed by atoms with Gasteiger partial charge in [-0.3, -0.25) is 9.59 Å². The van der Waals surface area contributed by atoms with E-state index < -0.39 is 17.3 Å². The molecule has 1 amide bonds. The van der Waals surface area contributed by atoms with Crippen LogP contribution in [0.25, 0.3) is 0 Å². The lowest BCUT2D eigenvalue weighted by atomic mass is 9.80. The summed E-state index contributed by atoms with van der Waals surface area (Å²) in [5.74, 6) is -1.21. The lowest BCUT2D eigenvalue weighted by Crippen LogP contribution is -2.43. The number of H-pyrrole nitrogens is 1. The Morgan fingerprint density at radius 2 is 2.00 bits per heavy atom. The number of aromatic amines is 1. The van der Waals surface area contributed by atoms with Crippen molar-refractivity contribution >= 4 is 11.9 Å². The molecule has 1 aliphatic carbocycles. The van der Waals surface area contributed by atoms with E-state index in [1.807, 2.05) is 0 Å². The Hall–Kier alpha value is -1.92. The van der Waals surface area contributed by atoms with Crippen molar-refractivity contribution in [2.45, 2.75) is 38.5 Å². The van der Waals surface area contributed by atoms with E-state index in [0.29, 0.717) is 12.8 Å². The Morgan fingerprint density at radius 3 is 2.53 bits per heavy atom. The van der Waals surface area contributed by atoms with Gasteiger partial charge in [0, 0.05) is 6.54 Å². The summed E-state index contributed by atoms with van der Waals surface area (Å²) in [4.78, 5) is 23.3. The second kappa shape index (κ2) is 5.81. The molecule has 1 fully saturated rings. The summed E-state index contributed by atoms with van der Waals surface area (Å²) < 4.78 is 0. The van der Waals surface area contributed by atoms with Crippen LogP contribution in [0.2, 0.25) is 0 Å². The molecule has 1 aliphatic rings. The van der Waals surface area contributed by atoms with Crippen LogP contribution < -0.4 is 5.32 Å². The van der Waals surface area contributed by atoms with E-state index in [9.17, 15) is 14.7 Å². The Balaban J connectivity index is 2.00. The Bertz CT molecular complexity index is 436. The molecule has 1 heterocycles. The number of carboxylic acid groups (broad SMARTS) is 1. The van der Waals surface area contributed by atoms with E-state index >= 15 is 0 Å². The minimum absolute atomic E-state index is 0.147. The van der Waals surface area contributed by atoms with Gasteiger partial charge in [0.05, 0.1) is 11.6 Å². The van der Waals surface area contributed by atoms with Crippen LogP contribution >= 0.6 is 0 Å². The van der Waals surface area contributed by atoms with Crippen LogP contribution in [0.4, 0.5) is 0 Å². The monoisotopic (exact) mass is 266 g/mol. The van der Waals surface area contributed by atoms with E-state index in [1.54, 1.807) is 0 Å². The van der Waals surface area contributed by atoms with Gasteiger partial charge in [-0.2, -0.15) is 15.4 Å². The van der Waals surface area contributed by atoms with Gasteiger partial charge >= 0.3 is 5.97 Å². The van der Waals surface area contributed by atoms with Gasteiger partial charge in [0.2, 0.25) is 0 Å². The van der Waals surface area contributed by atoms with Crippen LogP contribution in [0.5, 0.6) is 0 Å². The van der Waals surface area contributed by atoms with Crippen molar-refractivity contribution in [2.75, 3.05) is 6.54 Å². The molecule has 0 saturated heterocycles. The smallest absolute Gasteiger partial charge is 0.311 e. The fourth-order valence-electron chi connectivity index (χ4n) is 2.52. The van der Waals surface area contributed by atoms with E-state index in [0.717, 1.165) is 25.7 Å². The first-order valence-corrected chi connectivity index (χ1v) is 6.51. The molecule has 0 aliphatic heterocycles.